The van der Waals surface area contributed by atoms with E-state index < -0.39 is 11.4 Å². The molecule has 0 atom stereocenters. The van der Waals surface area contributed by atoms with Gasteiger partial charge in [-0.25, -0.2) is 4.79 Å². The number of methoxy groups -OCH3 is 1. The van der Waals surface area contributed by atoms with Crippen molar-refractivity contribution in [2.45, 2.75) is 32.6 Å². The van der Waals surface area contributed by atoms with Crippen LogP contribution in [0.1, 0.15) is 41.6 Å². The van der Waals surface area contributed by atoms with Crippen molar-refractivity contribution in [1.29, 1.82) is 0 Å². The highest BCUT2D eigenvalue weighted by molar-refractivity contribution is 5.98. The van der Waals surface area contributed by atoms with Crippen LogP contribution in [0.5, 0.6) is 0 Å². The summed E-state index contributed by atoms with van der Waals surface area (Å²) in [5.41, 5.74) is 7.33. The molecule has 0 unspecified atom stereocenters. The molecule has 0 aromatic heterocycles. The van der Waals surface area contributed by atoms with E-state index in [4.69, 9.17) is 10.5 Å². The fourth-order valence-electron chi connectivity index (χ4n) is 2.83. The molecule has 2 rings (SSSR count). The Kier molecular flexibility index (Phi) is 6.38. The standard InChI is InChI=1S/C16H22N2O3.ClH/c1-11-5-6-12(14(19)21-2)9-13(11)18-15(20)16(10-17)7-3-4-8-16;/h5-6,9H,3-4,7-8,10,17H2,1-2H3,(H,18,20);1H. The highest BCUT2D eigenvalue weighted by Gasteiger charge is 2.39. The van der Waals surface area contributed by atoms with Gasteiger partial charge in [0.2, 0.25) is 5.91 Å². The zero-order valence-corrected chi connectivity index (χ0v) is 13.8. The summed E-state index contributed by atoms with van der Waals surface area (Å²) in [5, 5.41) is 2.94. The molecular formula is C16H23ClN2O3. The van der Waals surface area contributed by atoms with E-state index in [0.717, 1.165) is 31.2 Å². The lowest BCUT2D eigenvalue weighted by Crippen LogP contribution is -2.40. The monoisotopic (exact) mass is 326 g/mol. The minimum absolute atomic E-state index is 0. The fraction of sp³-hybridized carbons (Fsp3) is 0.500. The summed E-state index contributed by atoms with van der Waals surface area (Å²) in [6.07, 6.45) is 3.72. The first-order chi connectivity index (χ1) is 10.0. The third-order valence-corrected chi connectivity index (χ3v) is 4.34. The van der Waals surface area contributed by atoms with Crippen LogP contribution in [0.3, 0.4) is 0 Å². The molecule has 1 aliphatic carbocycles. The number of halogens is 1. The summed E-state index contributed by atoms with van der Waals surface area (Å²) < 4.78 is 4.71. The molecule has 0 radical (unpaired) electrons. The van der Waals surface area contributed by atoms with E-state index in [1.165, 1.54) is 7.11 Å². The normalized spacial score (nSPS) is 15.8. The number of amides is 1. The summed E-state index contributed by atoms with van der Waals surface area (Å²) in [4.78, 5) is 24.1. The van der Waals surface area contributed by atoms with Crippen LogP contribution in [0.15, 0.2) is 18.2 Å². The molecule has 1 aromatic rings. The molecule has 1 fully saturated rings. The number of rotatable bonds is 4. The summed E-state index contributed by atoms with van der Waals surface area (Å²) in [6.45, 7) is 2.25. The largest absolute Gasteiger partial charge is 0.465 e. The quantitative estimate of drug-likeness (QED) is 0.833. The molecule has 3 N–H and O–H groups in total. The molecule has 1 saturated carbocycles. The number of anilines is 1. The summed E-state index contributed by atoms with van der Waals surface area (Å²) in [5.74, 6) is -0.465. The smallest absolute Gasteiger partial charge is 0.337 e. The minimum Gasteiger partial charge on any atom is -0.465 e. The zero-order valence-electron chi connectivity index (χ0n) is 13.0. The number of hydrogen-bond donors (Lipinski definition) is 2. The van der Waals surface area contributed by atoms with Crippen molar-refractivity contribution in [3.8, 4) is 0 Å². The second-order valence-electron chi connectivity index (χ2n) is 5.67. The Hall–Kier alpha value is -1.59. The molecule has 5 nitrogen and oxygen atoms in total. The van der Waals surface area contributed by atoms with Gasteiger partial charge in [-0.05, 0) is 37.5 Å². The second kappa shape index (κ2) is 7.61. The molecular weight excluding hydrogens is 304 g/mol. The molecule has 1 aromatic carbocycles. The molecule has 1 amide bonds. The number of carbonyl (C=O) groups excluding carboxylic acids is 2. The maximum Gasteiger partial charge on any atom is 0.337 e. The van der Waals surface area contributed by atoms with Crippen LogP contribution in [0, 0.1) is 12.3 Å². The van der Waals surface area contributed by atoms with Gasteiger partial charge < -0.3 is 15.8 Å². The lowest BCUT2D eigenvalue weighted by atomic mass is 9.85. The van der Waals surface area contributed by atoms with Gasteiger partial charge in [0.05, 0.1) is 18.1 Å². The first-order valence-corrected chi connectivity index (χ1v) is 7.23. The Morgan fingerprint density at radius 1 is 1.32 bits per heavy atom. The number of benzene rings is 1. The number of aryl methyl sites for hydroxylation is 1. The van der Waals surface area contributed by atoms with Gasteiger partial charge in [0.15, 0.2) is 0 Å². The van der Waals surface area contributed by atoms with Gasteiger partial charge in [0, 0.05) is 12.2 Å². The van der Waals surface area contributed by atoms with Crippen LogP contribution in [0.25, 0.3) is 0 Å². The molecule has 0 heterocycles. The minimum atomic E-state index is -0.465. The third kappa shape index (κ3) is 3.59. The van der Waals surface area contributed by atoms with Gasteiger partial charge >= 0.3 is 5.97 Å². The molecule has 0 bridgehead atoms. The highest BCUT2D eigenvalue weighted by atomic mass is 35.5. The van der Waals surface area contributed by atoms with Gasteiger partial charge in [-0.1, -0.05) is 18.9 Å². The number of nitrogens with one attached hydrogen (secondary N) is 1. The van der Waals surface area contributed by atoms with Crippen molar-refractivity contribution in [2.24, 2.45) is 11.1 Å². The first kappa shape index (κ1) is 18.5. The molecule has 0 spiro atoms. The van der Waals surface area contributed by atoms with E-state index in [9.17, 15) is 9.59 Å². The Morgan fingerprint density at radius 3 is 2.50 bits per heavy atom. The van der Waals surface area contributed by atoms with E-state index in [1.807, 2.05) is 6.92 Å². The molecule has 0 aliphatic heterocycles. The lowest BCUT2D eigenvalue weighted by molar-refractivity contribution is -0.124. The SMILES string of the molecule is COC(=O)c1ccc(C)c(NC(=O)C2(CN)CCCC2)c1.Cl. The molecule has 6 heteroatoms. The van der Waals surface area contributed by atoms with Crippen LogP contribution in [-0.4, -0.2) is 25.5 Å². The van der Waals surface area contributed by atoms with Gasteiger partial charge in [-0.2, -0.15) is 0 Å². The highest BCUT2D eigenvalue weighted by Crippen LogP contribution is 2.38. The van der Waals surface area contributed by atoms with Gasteiger partial charge in [-0.3, -0.25) is 4.79 Å². The van der Waals surface area contributed by atoms with Crippen molar-refractivity contribution in [1.82, 2.24) is 0 Å². The topological polar surface area (TPSA) is 81.4 Å². The van der Waals surface area contributed by atoms with E-state index in [1.54, 1.807) is 18.2 Å². The van der Waals surface area contributed by atoms with Crippen LogP contribution < -0.4 is 11.1 Å². The van der Waals surface area contributed by atoms with E-state index in [0.29, 0.717) is 17.8 Å². The van der Waals surface area contributed by atoms with Gasteiger partial charge in [0.25, 0.3) is 0 Å². The van der Waals surface area contributed by atoms with Crippen molar-refractivity contribution < 1.29 is 14.3 Å². The Bertz CT molecular complexity index is 554. The fourth-order valence-corrected chi connectivity index (χ4v) is 2.83. The second-order valence-corrected chi connectivity index (χ2v) is 5.67. The van der Waals surface area contributed by atoms with Crippen LogP contribution >= 0.6 is 12.4 Å². The average Bonchev–Trinajstić information content (AvgIpc) is 2.98. The maximum absolute atomic E-state index is 12.6. The zero-order chi connectivity index (χ0) is 15.5. The lowest BCUT2D eigenvalue weighted by Gasteiger charge is -2.26. The van der Waals surface area contributed by atoms with Gasteiger partial charge in [-0.15, -0.1) is 12.4 Å². The predicted molar refractivity (Wildman–Crippen MR) is 88.4 cm³/mol. The molecule has 22 heavy (non-hydrogen) atoms. The summed E-state index contributed by atoms with van der Waals surface area (Å²) in [7, 11) is 1.34. The Morgan fingerprint density at radius 2 is 1.95 bits per heavy atom. The third-order valence-electron chi connectivity index (χ3n) is 4.34. The Labute approximate surface area is 137 Å². The van der Waals surface area contributed by atoms with E-state index in [-0.39, 0.29) is 18.3 Å². The van der Waals surface area contributed by atoms with E-state index >= 15 is 0 Å². The first-order valence-electron chi connectivity index (χ1n) is 7.23. The summed E-state index contributed by atoms with van der Waals surface area (Å²) in [6, 6.07) is 5.13. The summed E-state index contributed by atoms with van der Waals surface area (Å²) >= 11 is 0. The molecule has 1 aliphatic rings. The van der Waals surface area contributed by atoms with Crippen molar-refractivity contribution in [3.63, 3.8) is 0 Å². The number of ether oxygens (including phenoxy) is 1. The average molecular weight is 327 g/mol. The Balaban J connectivity index is 0.00000242. The van der Waals surface area contributed by atoms with Crippen molar-refractivity contribution in [2.75, 3.05) is 19.0 Å². The number of hydrogen-bond acceptors (Lipinski definition) is 4. The number of esters is 1. The van der Waals surface area contributed by atoms with Crippen molar-refractivity contribution >= 4 is 30.0 Å². The molecule has 0 saturated heterocycles. The van der Waals surface area contributed by atoms with Crippen molar-refractivity contribution in [3.05, 3.63) is 29.3 Å². The predicted octanol–water partition coefficient (Wildman–Crippen LogP) is 2.66. The number of carbonyl (C=O) groups is 2. The van der Waals surface area contributed by atoms with Crippen LogP contribution in [-0.2, 0) is 9.53 Å². The maximum atomic E-state index is 12.6. The van der Waals surface area contributed by atoms with Gasteiger partial charge in [0.1, 0.15) is 0 Å². The number of nitrogens with two attached hydrogens (primary N) is 1. The van der Waals surface area contributed by atoms with E-state index in [2.05, 4.69) is 5.32 Å². The van der Waals surface area contributed by atoms with Crippen LogP contribution in [0.4, 0.5) is 5.69 Å². The molecule has 122 valence electrons. The van der Waals surface area contributed by atoms with Crippen LogP contribution in [0.2, 0.25) is 0 Å².